The lowest BCUT2D eigenvalue weighted by Crippen LogP contribution is -2.20. The smallest absolute Gasteiger partial charge is 0.143 e. The van der Waals surface area contributed by atoms with Gasteiger partial charge in [-0.15, -0.1) is 0 Å². The highest BCUT2D eigenvalue weighted by molar-refractivity contribution is 4.47. The van der Waals surface area contributed by atoms with E-state index in [0.717, 1.165) is 0 Å². The van der Waals surface area contributed by atoms with E-state index >= 15 is 0 Å². The number of aliphatic hydroxyl groups is 1. The number of nitrogens with one attached hydrogen (secondary N) is 2. The molecular formula is C2H6N2O2. The highest BCUT2D eigenvalue weighted by Gasteiger charge is 2.07. The van der Waals surface area contributed by atoms with Crippen LogP contribution < -0.4 is 11.0 Å². The third kappa shape index (κ3) is 0.662. The molecule has 0 saturated carbocycles. The fraction of sp³-hybridized carbons (Fsp3) is 1.00. The van der Waals surface area contributed by atoms with Crippen molar-refractivity contribution in [3.05, 3.63) is 0 Å². The van der Waals surface area contributed by atoms with Crippen molar-refractivity contribution in [2.45, 2.75) is 6.23 Å². The van der Waals surface area contributed by atoms with Gasteiger partial charge in [0.1, 0.15) is 6.23 Å². The Morgan fingerprint density at radius 2 is 2.67 bits per heavy atom. The second-order valence-electron chi connectivity index (χ2n) is 1.08. The minimum Gasteiger partial charge on any atom is -0.375 e. The number of rotatable bonds is 0. The van der Waals surface area contributed by atoms with Crippen LogP contribution in [-0.2, 0) is 4.94 Å². The van der Waals surface area contributed by atoms with Gasteiger partial charge in [0, 0.05) is 0 Å². The Kier molecular flexibility index (Phi) is 1.02. The first-order valence-corrected chi connectivity index (χ1v) is 1.72. The molecule has 1 unspecified atom stereocenters. The zero-order valence-corrected chi connectivity index (χ0v) is 3.14. The van der Waals surface area contributed by atoms with Gasteiger partial charge in [-0.2, -0.15) is 11.0 Å². The van der Waals surface area contributed by atoms with Gasteiger partial charge in [0.2, 0.25) is 0 Å². The molecule has 1 saturated heterocycles. The molecule has 0 amide bonds. The first kappa shape index (κ1) is 4.01. The van der Waals surface area contributed by atoms with Gasteiger partial charge in [0.05, 0.1) is 6.54 Å². The van der Waals surface area contributed by atoms with E-state index in [2.05, 4.69) is 15.9 Å². The number of β-amino-alcohol motifs (C(OH)–C–C–N with tert-alkyl or cyclic N) is 1. The molecule has 1 atom stereocenters. The van der Waals surface area contributed by atoms with Gasteiger partial charge in [0.25, 0.3) is 0 Å². The average Bonchev–Trinajstić information content (AvgIpc) is 1.86. The summed E-state index contributed by atoms with van der Waals surface area (Å²) in [5.41, 5.74) is 4.67. The number of aliphatic hydroxyl groups excluding tert-OH is 1. The molecule has 4 nitrogen and oxygen atoms in total. The predicted molar refractivity (Wildman–Crippen MR) is 18.2 cm³/mol. The zero-order valence-electron chi connectivity index (χ0n) is 3.14. The van der Waals surface area contributed by atoms with Crippen LogP contribution >= 0.6 is 0 Å². The Morgan fingerprint density at radius 1 is 1.83 bits per heavy atom. The molecule has 0 aromatic heterocycles. The average molecular weight is 90.1 g/mol. The van der Waals surface area contributed by atoms with E-state index < -0.39 is 6.23 Å². The Bertz CT molecular complexity index is 42.8. The van der Waals surface area contributed by atoms with Gasteiger partial charge >= 0.3 is 0 Å². The Labute approximate surface area is 35.0 Å². The van der Waals surface area contributed by atoms with E-state index in [0.29, 0.717) is 6.54 Å². The minimum atomic E-state index is -0.537. The van der Waals surface area contributed by atoms with Gasteiger partial charge in [-0.25, -0.2) is 4.94 Å². The van der Waals surface area contributed by atoms with E-state index in [1.165, 1.54) is 0 Å². The summed E-state index contributed by atoms with van der Waals surface area (Å²) in [5, 5.41) is 8.43. The molecule has 6 heavy (non-hydrogen) atoms. The quantitative estimate of drug-likeness (QED) is 0.333. The van der Waals surface area contributed by atoms with Crippen molar-refractivity contribution in [3.63, 3.8) is 0 Å². The van der Waals surface area contributed by atoms with Crippen LogP contribution in [0, 0.1) is 0 Å². The monoisotopic (exact) mass is 90.0 g/mol. The number of hydroxylamine groups is 2. The zero-order chi connectivity index (χ0) is 4.41. The molecule has 1 heterocycles. The molecule has 4 heteroatoms. The topological polar surface area (TPSA) is 53.5 Å². The number of hydrogen-bond acceptors (Lipinski definition) is 4. The molecule has 1 fully saturated rings. The van der Waals surface area contributed by atoms with Crippen molar-refractivity contribution in [1.82, 2.24) is 11.0 Å². The summed E-state index contributed by atoms with van der Waals surface area (Å²) in [6, 6.07) is 0. The molecular weight excluding hydrogens is 84.0 g/mol. The maximum absolute atomic E-state index is 8.43. The van der Waals surface area contributed by atoms with Crippen molar-refractivity contribution in [3.8, 4) is 0 Å². The van der Waals surface area contributed by atoms with Gasteiger partial charge < -0.3 is 5.11 Å². The van der Waals surface area contributed by atoms with Crippen molar-refractivity contribution in [2.75, 3.05) is 6.54 Å². The lowest BCUT2D eigenvalue weighted by molar-refractivity contribution is -0.0173. The molecule has 0 aliphatic carbocycles. The van der Waals surface area contributed by atoms with E-state index in [-0.39, 0.29) is 0 Å². The van der Waals surface area contributed by atoms with Crippen molar-refractivity contribution in [1.29, 1.82) is 0 Å². The first-order chi connectivity index (χ1) is 2.89. The van der Waals surface area contributed by atoms with Crippen LogP contribution in [0.2, 0.25) is 0 Å². The molecule has 1 rings (SSSR count). The highest BCUT2D eigenvalue weighted by atomic mass is 16.8. The van der Waals surface area contributed by atoms with Crippen LogP contribution in [-0.4, -0.2) is 17.9 Å². The summed E-state index contributed by atoms with van der Waals surface area (Å²) in [4.78, 5) is 4.31. The summed E-state index contributed by atoms with van der Waals surface area (Å²) >= 11 is 0. The minimum absolute atomic E-state index is 0.458. The van der Waals surface area contributed by atoms with Crippen LogP contribution in [0.4, 0.5) is 0 Å². The number of hydrogen-bond donors (Lipinski definition) is 3. The lowest BCUT2D eigenvalue weighted by Gasteiger charge is -1.89. The van der Waals surface area contributed by atoms with Crippen LogP contribution in [0.1, 0.15) is 0 Å². The highest BCUT2D eigenvalue weighted by Crippen LogP contribution is 1.78. The molecule has 0 spiro atoms. The summed E-state index contributed by atoms with van der Waals surface area (Å²) in [7, 11) is 0. The van der Waals surface area contributed by atoms with Crippen molar-refractivity contribution in [2.24, 2.45) is 0 Å². The molecule has 36 valence electrons. The maximum Gasteiger partial charge on any atom is 0.143 e. The summed E-state index contributed by atoms with van der Waals surface area (Å²) < 4.78 is 0. The molecule has 3 N–H and O–H groups in total. The van der Waals surface area contributed by atoms with Gasteiger partial charge in [-0.05, 0) is 0 Å². The molecule has 1 aliphatic rings. The van der Waals surface area contributed by atoms with Crippen molar-refractivity contribution >= 4 is 0 Å². The predicted octanol–water partition coefficient (Wildman–Crippen LogP) is -1.66. The SMILES string of the molecule is OC1CNON1. The molecule has 0 bridgehead atoms. The van der Waals surface area contributed by atoms with Gasteiger partial charge in [-0.3, -0.25) is 0 Å². The lowest BCUT2D eigenvalue weighted by atomic mass is 10.6. The van der Waals surface area contributed by atoms with Crippen LogP contribution in [0.5, 0.6) is 0 Å². The van der Waals surface area contributed by atoms with Crippen LogP contribution in [0.15, 0.2) is 0 Å². The Morgan fingerprint density at radius 3 is 2.83 bits per heavy atom. The van der Waals surface area contributed by atoms with E-state index in [9.17, 15) is 0 Å². The van der Waals surface area contributed by atoms with Crippen molar-refractivity contribution < 1.29 is 10.0 Å². The first-order valence-electron chi connectivity index (χ1n) is 1.72. The summed E-state index contributed by atoms with van der Waals surface area (Å²) in [6.45, 7) is 0.458. The molecule has 0 radical (unpaired) electrons. The molecule has 0 aromatic carbocycles. The Balaban J connectivity index is 2.18. The van der Waals surface area contributed by atoms with Gasteiger partial charge in [-0.1, -0.05) is 0 Å². The normalized spacial score (nSPS) is 34.5. The maximum atomic E-state index is 8.43. The van der Waals surface area contributed by atoms with E-state index in [1.54, 1.807) is 0 Å². The molecule has 1 aliphatic heterocycles. The van der Waals surface area contributed by atoms with Crippen LogP contribution in [0.25, 0.3) is 0 Å². The summed E-state index contributed by atoms with van der Waals surface area (Å²) in [6.07, 6.45) is -0.537. The Hall–Kier alpha value is -0.160. The van der Waals surface area contributed by atoms with Gasteiger partial charge in [0.15, 0.2) is 0 Å². The fourth-order valence-corrected chi connectivity index (χ4v) is 0.272. The molecule has 0 aromatic rings. The standard InChI is InChI=1S/C2H6N2O2/c5-2-1-3-6-4-2/h2-5H,1H2. The van der Waals surface area contributed by atoms with E-state index in [4.69, 9.17) is 5.11 Å². The third-order valence-corrected chi connectivity index (χ3v) is 0.544. The fourth-order valence-electron chi connectivity index (χ4n) is 0.272. The second kappa shape index (κ2) is 1.53. The summed E-state index contributed by atoms with van der Waals surface area (Å²) in [5.74, 6) is 0. The van der Waals surface area contributed by atoms with Crippen LogP contribution in [0.3, 0.4) is 0 Å². The second-order valence-corrected chi connectivity index (χ2v) is 1.08. The van der Waals surface area contributed by atoms with E-state index in [1.807, 2.05) is 0 Å². The third-order valence-electron chi connectivity index (χ3n) is 0.544. The largest absolute Gasteiger partial charge is 0.375 e.